The largest absolute Gasteiger partial charge is 0.268 e. The SMILES string of the molecule is O=c1c2ccccc2c2cc(-c3nc(-c4ccccc4)nc(-c4ccccc4)n3)cc3c4ccccc4c(=O)n1c23. The van der Waals surface area contributed by atoms with Crippen LogP contribution < -0.4 is 11.1 Å². The fraction of sp³-hybridized carbons (Fsp3) is 0. The van der Waals surface area contributed by atoms with Crippen molar-refractivity contribution in [1.29, 1.82) is 0 Å². The average Bonchev–Trinajstić information content (AvgIpc) is 3.05. The maximum absolute atomic E-state index is 13.6. The van der Waals surface area contributed by atoms with E-state index >= 15 is 0 Å². The molecule has 0 unspecified atom stereocenters. The molecule has 0 aliphatic rings. The summed E-state index contributed by atoms with van der Waals surface area (Å²) in [4.78, 5) is 42.0. The highest BCUT2D eigenvalue weighted by Gasteiger charge is 2.20. The van der Waals surface area contributed by atoms with Gasteiger partial charge in [-0.05, 0) is 35.0 Å². The van der Waals surface area contributed by atoms with E-state index in [9.17, 15) is 9.59 Å². The summed E-state index contributed by atoms with van der Waals surface area (Å²) in [6.07, 6.45) is 0. The van der Waals surface area contributed by atoms with Crippen molar-refractivity contribution in [2.45, 2.75) is 0 Å². The Morgan fingerprint density at radius 3 is 1.20 bits per heavy atom. The minimum atomic E-state index is -0.320. The van der Waals surface area contributed by atoms with Gasteiger partial charge in [0.2, 0.25) is 0 Å². The van der Waals surface area contributed by atoms with E-state index in [1.165, 1.54) is 4.40 Å². The molecule has 0 amide bonds. The highest BCUT2D eigenvalue weighted by molar-refractivity contribution is 6.19. The van der Waals surface area contributed by atoms with Gasteiger partial charge in [-0.2, -0.15) is 0 Å². The van der Waals surface area contributed by atoms with Gasteiger partial charge in [0.05, 0.1) is 5.52 Å². The van der Waals surface area contributed by atoms with Gasteiger partial charge in [0.15, 0.2) is 17.5 Å². The fourth-order valence-corrected chi connectivity index (χ4v) is 5.70. The van der Waals surface area contributed by atoms with Gasteiger partial charge >= 0.3 is 0 Å². The zero-order valence-electron chi connectivity index (χ0n) is 21.7. The Morgan fingerprint density at radius 2 is 0.756 bits per heavy atom. The number of pyridine rings is 2. The molecule has 192 valence electrons. The van der Waals surface area contributed by atoms with E-state index in [0.29, 0.717) is 33.8 Å². The molecular formula is C35H20N4O2. The summed E-state index contributed by atoms with van der Waals surface area (Å²) in [5.74, 6) is 1.63. The van der Waals surface area contributed by atoms with Crippen molar-refractivity contribution in [3.05, 3.63) is 142 Å². The van der Waals surface area contributed by atoms with Crippen LogP contribution in [0.1, 0.15) is 0 Å². The molecule has 0 fully saturated rings. The maximum Gasteiger partial charge on any atom is 0.266 e. The highest BCUT2D eigenvalue weighted by atomic mass is 16.2. The third-order valence-corrected chi connectivity index (χ3v) is 7.59. The molecule has 6 nitrogen and oxygen atoms in total. The maximum atomic E-state index is 13.6. The second-order valence-corrected chi connectivity index (χ2v) is 10.00. The molecule has 0 saturated heterocycles. The van der Waals surface area contributed by atoms with Crippen molar-refractivity contribution in [2.75, 3.05) is 0 Å². The number of rotatable bonds is 3. The summed E-state index contributed by atoms with van der Waals surface area (Å²) in [5.41, 5.74) is 2.49. The standard InChI is InChI=1S/C35H20N4O2/c40-34-26-17-9-7-15-24(26)28-19-23(20-29-25-16-8-10-18-27(25)35(41)39(34)30(28)29)33-37-31(21-11-3-1-4-12-21)36-32(38-33)22-13-5-2-6-14-22/h1-20H. The first-order chi connectivity index (χ1) is 20.2. The van der Waals surface area contributed by atoms with Crippen molar-refractivity contribution < 1.29 is 0 Å². The summed E-state index contributed by atoms with van der Waals surface area (Å²) in [6, 6.07) is 38.5. The van der Waals surface area contributed by atoms with E-state index in [1.807, 2.05) is 109 Å². The van der Waals surface area contributed by atoms with Crippen LogP contribution in [0.15, 0.2) is 131 Å². The van der Waals surface area contributed by atoms with Gasteiger partial charge in [0.25, 0.3) is 11.1 Å². The molecule has 0 atom stereocenters. The number of hydrogen-bond donors (Lipinski definition) is 0. The highest BCUT2D eigenvalue weighted by Crippen LogP contribution is 2.35. The van der Waals surface area contributed by atoms with Gasteiger partial charge in [-0.1, -0.05) is 97.1 Å². The average molecular weight is 529 g/mol. The Labute approximate surface area is 233 Å². The lowest BCUT2D eigenvalue weighted by Crippen LogP contribution is -2.27. The summed E-state index contributed by atoms with van der Waals surface area (Å²) < 4.78 is 1.32. The van der Waals surface area contributed by atoms with E-state index in [1.54, 1.807) is 12.1 Å². The summed E-state index contributed by atoms with van der Waals surface area (Å²) >= 11 is 0. The van der Waals surface area contributed by atoms with Crippen molar-refractivity contribution in [1.82, 2.24) is 19.4 Å². The van der Waals surface area contributed by atoms with Gasteiger partial charge in [0, 0.05) is 38.2 Å². The van der Waals surface area contributed by atoms with Crippen LogP contribution in [-0.4, -0.2) is 19.4 Å². The van der Waals surface area contributed by atoms with Gasteiger partial charge in [-0.15, -0.1) is 0 Å². The Kier molecular flexibility index (Phi) is 5.02. The molecule has 8 aromatic rings. The van der Waals surface area contributed by atoms with E-state index in [2.05, 4.69) is 0 Å². The van der Waals surface area contributed by atoms with Crippen LogP contribution in [0.4, 0.5) is 0 Å². The predicted molar refractivity (Wildman–Crippen MR) is 163 cm³/mol. The molecule has 3 aromatic heterocycles. The lowest BCUT2D eigenvalue weighted by atomic mass is 9.97. The summed E-state index contributed by atoms with van der Waals surface area (Å²) in [5, 5.41) is 4.11. The van der Waals surface area contributed by atoms with Crippen LogP contribution in [0.2, 0.25) is 0 Å². The monoisotopic (exact) mass is 528 g/mol. The molecule has 0 spiro atoms. The number of benzene rings is 5. The van der Waals surface area contributed by atoms with Crippen LogP contribution in [0, 0.1) is 0 Å². The molecular weight excluding hydrogens is 508 g/mol. The zero-order valence-corrected chi connectivity index (χ0v) is 21.7. The predicted octanol–water partition coefficient (Wildman–Crippen LogP) is 6.74. The second kappa shape index (κ2) is 8.89. The quantitative estimate of drug-likeness (QED) is 0.187. The summed E-state index contributed by atoms with van der Waals surface area (Å²) in [6.45, 7) is 0. The molecule has 5 aromatic carbocycles. The fourth-order valence-electron chi connectivity index (χ4n) is 5.70. The molecule has 0 bridgehead atoms. The summed E-state index contributed by atoms with van der Waals surface area (Å²) in [7, 11) is 0. The van der Waals surface area contributed by atoms with E-state index in [-0.39, 0.29) is 11.1 Å². The van der Waals surface area contributed by atoms with Crippen molar-refractivity contribution in [3.63, 3.8) is 0 Å². The molecule has 0 N–H and O–H groups in total. The van der Waals surface area contributed by atoms with Crippen LogP contribution >= 0.6 is 0 Å². The second-order valence-electron chi connectivity index (χ2n) is 10.00. The normalized spacial score (nSPS) is 11.6. The minimum Gasteiger partial charge on any atom is -0.268 e. The van der Waals surface area contributed by atoms with Gasteiger partial charge in [0.1, 0.15) is 0 Å². The minimum absolute atomic E-state index is 0.320. The molecule has 0 aliphatic heterocycles. The lowest BCUT2D eigenvalue weighted by molar-refractivity contribution is 1.07. The van der Waals surface area contributed by atoms with Crippen LogP contribution in [0.5, 0.6) is 0 Å². The smallest absolute Gasteiger partial charge is 0.266 e. The van der Waals surface area contributed by atoms with Gasteiger partial charge < -0.3 is 0 Å². The number of fused-ring (bicyclic) bond motifs is 4. The molecule has 0 radical (unpaired) electrons. The Bertz CT molecular complexity index is 2240. The van der Waals surface area contributed by atoms with Crippen molar-refractivity contribution in [2.24, 2.45) is 0 Å². The Morgan fingerprint density at radius 1 is 0.390 bits per heavy atom. The van der Waals surface area contributed by atoms with Crippen LogP contribution in [0.25, 0.3) is 72.0 Å². The number of aromatic nitrogens is 4. The Balaban J connectivity index is 1.53. The van der Waals surface area contributed by atoms with Crippen molar-refractivity contribution >= 4 is 37.8 Å². The topological polar surface area (TPSA) is 77.2 Å². The van der Waals surface area contributed by atoms with E-state index in [0.717, 1.165) is 38.2 Å². The first kappa shape index (κ1) is 23.2. The molecule has 6 heteroatoms. The Hall–Kier alpha value is -5.75. The number of nitrogens with zero attached hydrogens (tertiary/aromatic N) is 4. The van der Waals surface area contributed by atoms with Crippen molar-refractivity contribution in [3.8, 4) is 34.2 Å². The number of hydrogen-bond acceptors (Lipinski definition) is 5. The van der Waals surface area contributed by atoms with Crippen LogP contribution in [-0.2, 0) is 0 Å². The third-order valence-electron chi connectivity index (χ3n) is 7.59. The lowest BCUT2D eigenvalue weighted by Gasteiger charge is -2.15. The zero-order chi connectivity index (χ0) is 27.5. The van der Waals surface area contributed by atoms with E-state index in [4.69, 9.17) is 15.0 Å². The first-order valence-electron chi connectivity index (χ1n) is 13.3. The van der Waals surface area contributed by atoms with Crippen LogP contribution in [0.3, 0.4) is 0 Å². The first-order valence-corrected chi connectivity index (χ1v) is 13.3. The van der Waals surface area contributed by atoms with E-state index < -0.39 is 0 Å². The molecule has 8 rings (SSSR count). The molecule has 0 saturated carbocycles. The molecule has 3 heterocycles. The molecule has 0 aliphatic carbocycles. The molecule has 41 heavy (non-hydrogen) atoms. The van der Waals surface area contributed by atoms with Gasteiger partial charge in [-0.3, -0.25) is 9.59 Å². The third kappa shape index (κ3) is 3.54. The van der Waals surface area contributed by atoms with Gasteiger partial charge in [-0.25, -0.2) is 19.4 Å².